The predicted molar refractivity (Wildman–Crippen MR) is 109 cm³/mol. The maximum absolute atomic E-state index is 13.2. The number of carbonyl (C=O) groups excluding carboxylic acids is 1. The molecule has 1 aromatic heterocycles. The van der Waals surface area contributed by atoms with Crippen LogP contribution in [0.4, 0.5) is 22.4 Å². The summed E-state index contributed by atoms with van der Waals surface area (Å²) in [6, 6.07) is 9.34. The van der Waals surface area contributed by atoms with Crippen LogP contribution in [-0.4, -0.2) is 77.6 Å². The molecule has 5 heterocycles. The van der Waals surface area contributed by atoms with E-state index in [-0.39, 0.29) is 18.2 Å². The third-order valence-corrected chi connectivity index (χ3v) is 5.67. The highest BCUT2D eigenvalue weighted by atomic mass is 16.5. The van der Waals surface area contributed by atoms with Crippen LogP contribution in [0.25, 0.3) is 0 Å². The molecular formula is C20H25N7O3. The third-order valence-electron chi connectivity index (χ3n) is 5.67. The minimum atomic E-state index is -0.316. The molecule has 4 fully saturated rings. The molecule has 10 heteroatoms. The number of piperidine rings is 1. The monoisotopic (exact) mass is 411 g/mol. The molecule has 2 aromatic rings. The highest BCUT2D eigenvalue weighted by Crippen LogP contribution is 2.30. The molecule has 0 spiro atoms. The second kappa shape index (κ2) is 8.50. The number of para-hydroxylation sites is 1. The fraction of sp³-hybridized carbons (Fsp3) is 0.500. The van der Waals surface area contributed by atoms with E-state index in [0.717, 1.165) is 19.4 Å². The van der Waals surface area contributed by atoms with Gasteiger partial charge in [-0.1, -0.05) is 18.2 Å². The van der Waals surface area contributed by atoms with E-state index in [0.29, 0.717) is 50.5 Å². The molecular weight excluding hydrogens is 386 g/mol. The summed E-state index contributed by atoms with van der Waals surface area (Å²) >= 11 is 0. The second-order valence-electron chi connectivity index (χ2n) is 7.61. The molecule has 0 aliphatic carbocycles. The van der Waals surface area contributed by atoms with Gasteiger partial charge in [-0.05, 0) is 25.0 Å². The van der Waals surface area contributed by atoms with Crippen molar-refractivity contribution in [1.29, 1.82) is 0 Å². The van der Waals surface area contributed by atoms with Gasteiger partial charge in [0.1, 0.15) is 6.33 Å². The largest absolute Gasteiger partial charge is 0.379 e. The second-order valence-corrected chi connectivity index (χ2v) is 7.61. The summed E-state index contributed by atoms with van der Waals surface area (Å²) < 4.78 is 11.2. The molecule has 4 aliphatic rings. The van der Waals surface area contributed by atoms with E-state index in [1.54, 1.807) is 0 Å². The lowest BCUT2D eigenvalue weighted by Gasteiger charge is -2.45. The van der Waals surface area contributed by atoms with Crippen LogP contribution < -0.4 is 15.2 Å². The number of ether oxygens (including phenoxy) is 2. The first-order valence-electron chi connectivity index (χ1n) is 10.3. The number of hydrazine groups is 1. The summed E-state index contributed by atoms with van der Waals surface area (Å²) in [5.41, 5.74) is 3.63. The van der Waals surface area contributed by atoms with Crippen LogP contribution in [0.5, 0.6) is 0 Å². The Bertz CT molecular complexity index is 870. The van der Waals surface area contributed by atoms with E-state index < -0.39 is 0 Å². The smallest absolute Gasteiger partial charge is 0.343 e. The summed E-state index contributed by atoms with van der Waals surface area (Å²) in [6.07, 6.45) is 3.81. The summed E-state index contributed by atoms with van der Waals surface area (Å²) in [5, 5.41) is 1.85. The summed E-state index contributed by atoms with van der Waals surface area (Å²) in [5.74, 6) is 0.873. The Kier molecular flexibility index (Phi) is 5.43. The summed E-state index contributed by atoms with van der Waals surface area (Å²) in [6.45, 7) is 3.88. The van der Waals surface area contributed by atoms with Crippen molar-refractivity contribution in [3.8, 4) is 0 Å². The zero-order valence-corrected chi connectivity index (χ0v) is 16.7. The van der Waals surface area contributed by atoms with Gasteiger partial charge in [-0.15, -0.1) is 0 Å². The number of morpholine rings is 2. The van der Waals surface area contributed by atoms with Crippen molar-refractivity contribution in [3.05, 3.63) is 36.7 Å². The number of urea groups is 1. The quantitative estimate of drug-likeness (QED) is 0.805. The van der Waals surface area contributed by atoms with E-state index >= 15 is 0 Å². The van der Waals surface area contributed by atoms with Gasteiger partial charge in [-0.25, -0.2) is 24.7 Å². The number of fused-ring (bicyclic) bond motifs is 3. The highest BCUT2D eigenvalue weighted by Gasteiger charge is 2.36. The summed E-state index contributed by atoms with van der Waals surface area (Å²) in [4.78, 5) is 30.3. The fourth-order valence-electron chi connectivity index (χ4n) is 4.08. The van der Waals surface area contributed by atoms with Crippen LogP contribution in [0.1, 0.15) is 12.8 Å². The highest BCUT2D eigenvalue weighted by molar-refractivity contribution is 5.97. The number of nitrogens with zero attached hydrogens (tertiary/aromatic N) is 6. The number of aromatic nitrogens is 3. The Morgan fingerprint density at radius 3 is 2.67 bits per heavy atom. The lowest BCUT2D eigenvalue weighted by molar-refractivity contribution is -0.0232. The van der Waals surface area contributed by atoms with Crippen molar-refractivity contribution >= 4 is 23.6 Å². The fourth-order valence-corrected chi connectivity index (χ4v) is 4.08. The average Bonchev–Trinajstić information content (AvgIpc) is 2.81. The standard InChI is InChI=1S/C20H25N7O3/c28-20(24-25-8-10-29-11-9-25)27(15-4-2-1-3-5-15)19-22-14-21-18(23-19)26-12-17-7-6-16(26)13-30-17/h1-5,14,16-17H,6-13H2,(H,24,28). The van der Waals surface area contributed by atoms with Gasteiger partial charge < -0.3 is 14.4 Å². The van der Waals surface area contributed by atoms with Crippen LogP contribution in [-0.2, 0) is 9.47 Å². The Hall–Kier alpha value is -2.82. The van der Waals surface area contributed by atoms with Gasteiger partial charge in [0.2, 0.25) is 11.9 Å². The zero-order valence-electron chi connectivity index (χ0n) is 16.7. The van der Waals surface area contributed by atoms with Crippen LogP contribution in [0.2, 0.25) is 0 Å². The predicted octanol–water partition coefficient (Wildman–Crippen LogP) is 1.33. The number of rotatable bonds is 4. The molecule has 0 saturated carbocycles. The van der Waals surface area contributed by atoms with Gasteiger partial charge >= 0.3 is 6.03 Å². The Morgan fingerprint density at radius 1 is 1.13 bits per heavy atom. The number of benzene rings is 1. The van der Waals surface area contributed by atoms with E-state index in [1.165, 1.54) is 11.2 Å². The van der Waals surface area contributed by atoms with Crippen LogP contribution in [0.15, 0.2) is 36.7 Å². The lowest BCUT2D eigenvalue weighted by atomic mass is 9.98. The molecule has 4 aliphatic heterocycles. The number of hydrogen-bond acceptors (Lipinski definition) is 8. The van der Waals surface area contributed by atoms with E-state index in [1.807, 2.05) is 35.3 Å². The van der Waals surface area contributed by atoms with E-state index in [9.17, 15) is 4.79 Å². The Labute approximate surface area is 174 Å². The third kappa shape index (κ3) is 3.93. The van der Waals surface area contributed by atoms with Gasteiger partial charge in [0.05, 0.1) is 37.7 Å². The number of nitrogens with one attached hydrogen (secondary N) is 1. The number of anilines is 3. The van der Waals surface area contributed by atoms with Crippen LogP contribution in [0.3, 0.4) is 0 Å². The van der Waals surface area contributed by atoms with Gasteiger partial charge in [0.15, 0.2) is 0 Å². The van der Waals surface area contributed by atoms with Crippen LogP contribution >= 0.6 is 0 Å². The minimum Gasteiger partial charge on any atom is -0.379 e. The van der Waals surface area contributed by atoms with Gasteiger partial charge in [0.25, 0.3) is 0 Å². The van der Waals surface area contributed by atoms with Gasteiger partial charge in [-0.2, -0.15) is 4.98 Å². The molecule has 10 nitrogen and oxygen atoms in total. The first-order chi connectivity index (χ1) is 14.8. The maximum Gasteiger partial charge on any atom is 0.343 e. The van der Waals surface area contributed by atoms with Crippen molar-refractivity contribution in [2.75, 3.05) is 49.3 Å². The molecule has 2 unspecified atom stereocenters. The van der Waals surface area contributed by atoms with E-state index in [2.05, 4.69) is 25.3 Å². The number of hydrogen-bond donors (Lipinski definition) is 1. The Balaban J connectivity index is 1.43. The summed E-state index contributed by atoms with van der Waals surface area (Å²) in [7, 11) is 0. The number of carbonyl (C=O) groups is 1. The zero-order chi connectivity index (χ0) is 20.3. The van der Waals surface area contributed by atoms with Gasteiger partial charge in [0, 0.05) is 19.6 Å². The van der Waals surface area contributed by atoms with Gasteiger partial charge in [-0.3, -0.25) is 5.43 Å². The number of amides is 2. The molecule has 1 aromatic carbocycles. The maximum atomic E-state index is 13.2. The average molecular weight is 411 g/mol. The minimum absolute atomic E-state index is 0.213. The van der Waals surface area contributed by atoms with Crippen LogP contribution in [0, 0.1) is 0 Å². The molecule has 158 valence electrons. The molecule has 2 amide bonds. The van der Waals surface area contributed by atoms with E-state index in [4.69, 9.17) is 9.47 Å². The van der Waals surface area contributed by atoms with Crippen molar-refractivity contribution in [1.82, 2.24) is 25.4 Å². The molecule has 2 atom stereocenters. The lowest BCUT2D eigenvalue weighted by Crippen LogP contribution is -2.55. The topological polar surface area (TPSA) is 96.0 Å². The molecule has 4 saturated heterocycles. The molecule has 1 N–H and O–H groups in total. The molecule has 2 bridgehead atoms. The van der Waals surface area contributed by atoms with Crippen molar-refractivity contribution in [3.63, 3.8) is 0 Å². The first kappa shape index (κ1) is 19.2. The molecule has 0 radical (unpaired) electrons. The SMILES string of the molecule is O=C(NN1CCOCC1)N(c1ccccc1)c1ncnc(N2CC3CCC2CO3)n1. The molecule has 30 heavy (non-hydrogen) atoms. The van der Waals surface area contributed by atoms with Crippen molar-refractivity contribution < 1.29 is 14.3 Å². The molecule has 6 rings (SSSR count). The normalized spacial score (nSPS) is 23.9. The Morgan fingerprint density at radius 2 is 1.97 bits per heavy atom. The van der Waals surface area contributed by atoms with Crippen molar-refractivity contribution in [2.24, 2.45) is 0 Å². The first-order valence-corrected chi connectivity index (χ1v) is 10.3. The van der Waals surface area contributed by atoms with Crippen molar-refractivity contribution in [2.45, 2.75) is 25.0 Å².